The maximum atomic E-state index is 13.0. The van der Waals surface area contributed by atoms with Crippen LogP contribution in [0, 0.1) is 11.7 Å². The minimum atomic E-state index is -0.191. The van der Waals surface area contributed by atoms with Crippen LogP contribution in [0.1, 0.15) is 24.8 Å². The number of halogens is 2. The summed E-state index contributed by atoms with van der Waals surface area (Å²) in [6.07, 6.45) is 2.95. The summed E-state index contributed by atoms with van der Waals surface area (Å²) in [6.45, 7) is 6.31. The third kappa shape index (κ3) is 5.16. The van der Waals surface area contributed by atoms with E-state index in [-0.39, 0.29) is 24.1 Å². The number of nitrogens with zero attached hydrogens (tertiary/aromatic N) is 2. The second-order valence-electron chi connectivity index (χ2n) is 6.61. The SMILES string of the molecule is Cl.O=C(C1CCNCC1)N1CCCN(Cc2ccc(F)cc2)CC1. The van der Waals surface area contributed by atoms with E-state index in [9.17, 15) is 9.18 Å². The van der Waals surface area contributed by atoms with Gasteiger partial charge in [-0.05, 0) is 50.0 Å². The number of benzene rings is 1. The first-order chi connectivity index (χ1) is 11.2. The highest BCUT2D eigenvalue weighted by molar-refractivity contribution is 5.85. The smallest absolute Gasteiger partial charge is 0.225 e. The van der Waals surface area contributed by atoms with Crippen molar-refractivity contribution < 1.29 is 9.18 Å². The highest BCUT2D eigenvalue weighted by Crippen LogP contribution is 2.17. The quantitative estimate of drug-likeness (QED) is 0.903. The van der Waals surface area contributed by atoms with Crippen molar-refractivity contribution in [3.63, 3.8) is 0 Å². The Balaban J connectivity index is 0.00000208. The largest absolute Gasteiger partial charge is 0.341 e. The van der Waals surface area contributed by atoms with E-state index in [0.717, 1.165) is 70.6 Å². The van der Waals surface area contributed by atoms with Crippen LogP contribution in [-0.4, -0.2) is 55.0 Å². The maximum absolute atomic E-state index is 13.0. The van der Waals surface area contributed by atoms with Crippen molar-refractivity contribution in [2.45, 2.75) is 25.8 Å². The summed E-state index contributed by atoms with van der Waals surface area (Å²) < 4.78 is 13.0. The van der Waals surface area contributed by atoms with Crippen LogP contribution in [0.15, 0.2) is 24.3 Å². The lowest BCUT2D eigenvalue weighted by molar-refractivity contribution is -0.136. The second-order valence-corrected chi connectivity index (χ2v) is 6.61. The lowest BCUT2D eigenvalue weighted by Crippen LogP contribution is -2.42. The summed E-state index contributed by atoms with van der Waals surface area (Å²) in [5.74, 6) is 0.360. The van der Waals surface area contributed by atoms with E-state index in [0.29, 0.717) is 5.91 Å². The van der Waals surface area contributed by atoms with Crippen LogP contribution in [0.2, 0.25) is 0 Å². The van der Waals surface area contributed by atoms with Crippen LogP contribution in [0.4, 0.5) is 4.39 Å². The van der Waals surface area contributed by atoms with E-state index in [4.69, 9.17) is 0 Å². The fourth-order valence-electron chi connectivity index (χ4n) is 3.52. The zero-order valence-electron chi connectivity index (χ0n) is 14.0. The summed E-state index contributed by atoms with van der Waals surface area (Å²) in [4.78, 5) is 17.1. The normalized spacial score (nSPS) is 20.3. The summed E-state index contributed by atoms with van der Waals surface area (Å²) in [7, 11) is 0. The standard InChI is InChI=1S/C18H26FN3O.ClH/c19-17-4-2-15(3-5-17)14-21-10-1-11-22(13-12-21)18(23)16-6-8-20-9-7-16;/h2-5,16,20H,1,6-14H2;1H. The van der Waals surface area contributed by atoms with E-state index in [1.54, 1.807) is 0 Å². The number of nitrogens with one attached hydrogen (secondary N) is 1. The number of piperidine rings is 1. The van der Waals surface area contributed by atoms with Crippen LogP contribution in [-0.2, 0) is 11.3 Å². The van der Waals surface area contributed by atoms with Crippen LogP contribution < -0.4 is 5.32 Å². The summed E-state index contributed by atoms with van der Waals surface area (Å²) in [5.41, 5.74) is 1.13. The number of hydrogen-bond donors (Lipinski definition) is 1. The Bertz CT molecular complexity index is 520. The molecule has 0 bridgehead atoms. The molecule has 0 unspecified atom stereocenters. The lowest BCUT2D eigenvalue weighted by Gasteiger charge is -2.29. The molecule has 1 aromatic rings. The average molecular weight is 356 g/mol. The van der Waals surface area contributed by atoms with Gasteiger partial charge in [0.15, 0.2) is 0 Å². The molecule has 0 radical (unpaired) electrons. The molecule has 1 N–H and O–H groups in total. The molecule has 1 amide bonds. The van der Waals surface area contributed by atoms with Gasteiger partial charge in [0.2, 0.25) is 5.91 Å². The van der Waals surface area contributed by atoms with E-state index in [1.807, 2.05) is 12.1 Å². The van der Waals surface area contributed by atoms with Gasteiger partial charge in [0.1, 0.15) is 5.82 Å². The maximum Gasteiger partial charge on any atom is 0.225 e. The molecule has 0 saturated carbocycles. The molecule has 134 valence electrons. The van der Waals surface area contributed by atoms with Gasteiger partial charge >= 0.3 is 0 Å². The second kappa shape index (κ2) is 9.35. The summed E-state index contributed by atoms with van der Waals surface area (Å²) in [6, 6.07) is 6.72. The van der Waals surface area contributed by atoms with Gasteiger partial charge in [-0.25, -0.2) is 4.39 Å². The van der Waals surface area contributed by atoms with E-state index in [2.05, 4.69) is 15.1 Å². The van der Waals surface area contributed by atoms with E-state index < -0.39 is 0 Å². The molecule has 2 aliphatic heterocycles. The van der Waals surface area contributed by atoms with Crippen molar-refractivity contribution in [2.24, 2.45) is 5.92 Å². The fraction of sp³-hybridized carbons (Fsp3) is 0.611. The first-order valence-electron chi connectivity index (χ1n) is 8.69. The number of hydrogen-bond acceptors (Lipinski definition) is 3. The van der Waals surface area contributed by atoms with Crippen molar-refractivity contribution in [1.82, 2.24) is 15.1 Å². The number of carbonyl (C=O) groups excluding carboxylic acids is 1. The predicted molar refractivity (Wildman–Crippen MR) is 95.7 cm³/mol. The number of rotatable bonds is 3. The Morgan fingerprint density at radius 1 is 1.08 bits per heavy atom. The van der Waals surface area contributed by atoms with Crippen molar-refractivity contribution in [3.8, 4) is 0 Å². The van der Waals surface area contributed by atoms with Gasteiger partial charge in [-0.1, -0.05) is 12.1 Å². The van der Waals surface area contributed by atoms with Crippen molar-refractivity contribution in [2.75, 3.05) is 39.3 Å². The van der Waals surface area contributed by atoms with Crippen LogP contribution in [0.5, 0.6) is 0 Å². The Hall–Kier alpha value is -1.17. The summed E-state index contributed by atoms with van der Waals surface area (Å²) in [5, 5.41) is 3.32. The monoisotopic (exact) mass is 355 g/mol. The van der Waals surface area contributed by atoms with Crippen molar-refractivity contribution >= 4 is 18.3 Å². The van der Waals surface area contributed by atoms with Gasteiger partial charge in [-0.15, -0.1) is 12.4 Å². The van der Waals surface area contributed by atoms with Crippen LogP contribution in [0.3, 0.4) is 0 Å². The third-order valence-corrected chi connectivity index (χ3v) is 4.91. The average Bonchev–Trinajstić information content (AvgIpc) is 2.83. The van der Waals surface area contributed by atoms with Crippen molar-refractivity contribution in [3.05, 3.63) is 35.6 Å². The molecule has 0 atom stereocenters. The molecule has 0 aromatic heterocycles. The molecule has 4 nitrogen and oxygen atoms in total. The highest BCUT2D eigenvalue weighted by Gasteiger charge is 2.27. The zero-order valence-corrected chi connectivity index (χ0v) is 14.9. The fourth-order valence-corrected chi connectivity index (χ4v) is 3.52. The van der Waals surface area contributed by atoms with Crippen LogP contribution >= 0.6 is 12.4 Å². The van der Waals surface area contributed by atoms with Gasteiger partial charge < -0.3 is 10.2 Å². The number of carbonyl (C=O) groups is 1. The van der Waals surface area contributed by atoms with E-state index in [1.165, 1.54) is 12.1 Å². The van der Waals surface area contributed by atoms with Crippen LogP contribution in [0.25, 0.3) is 0 Å². The Morgan fingerprint density at radius 2 is 1.79 bits per heavy atom. The minimum Gasteiger partial charge on any atom is -0.341 e. The van der Waals surface area contributed by atoms with Gasteiger partial charge in [0.25, 0.3) is 0 Å². The molecule has 24 heavy (non-hydrogen) atoms. The molecule has 0 aliphatic carbocycles. The Morgan fingerprint density at radius 3 is 2.50 bits per heavy atom. The first kappa shape index (κ1) is 19.2. The molecule has 2 aliphatic rings. The first-order valence-corrected chi connectivity index (χ1v) is 8.69. The van der Waals surface area contributed by atoms with Crippen molar-refractivity contribution in [1.29, 1.82) is 0 Å². The van der Waals surface area contributed by atoms with Gasteiger partial charge in [0, 0.05) is 38.6 Å². The summed E-state index contributed by atoms with van der Waals surface area (Å²) >= 11 is 0. The van der Waals surface area contributed by atoms with E-state index >= 15 is 0 Å². The molecule has 0 spiro atoms. The topological polar surface area (TPSA) is 35.6 Å². The molecule has 2 saturated heterocycles. The van der Waals surface area contributed by atoms with Gasteiger partial charge in [-0.2, -0.15) is 0 Å². The Labute approximate surface area is 149 Å². The molecule has 1 aromatic carbocycles. The van der Waals surface area contributed by atoms with Gasteiger partial charge in [-0.3, -0.25) is 9.69 Å². The highest BCUT2D eigenvalue weighted by atomic mass is 35.5. The zero-order chi connectivity index (χ0) is 16.1. The molecule has 2 fully saturated rings. The molecule has 2 heterocycles. The molecular formula is C18H27ClFN3O. The molecule has 3 rings (SSSR count). The predicted octanol–water partition coefficient (Wildman–Crippen LogP) is 2.28. The van der Waals surface area contributed by atoms with Gasteiger partial charge in [0.05, 0.1) is 0 Å². The lowest BCUT2D eigenvalue weighted by atomic mass is 9.96. The minimum absolute atomic E-state index is 0. The third-order valence-electron chi connectivity index (χ3n) is 4.91. The Kier molecular flexibility index (Phi) is 7.46. The molecule has 6 heteroatoms. The molecular weight excluding hydrogens is 329 g/mol. The number of amides is 1.